The van der Waals surface area contributed by atoms with Crippen molar-refractivity contribution in [1.29, 1.82) is 0 Å². The van der Waals surface area contributed by atoms with E-state index in [0.717, 1.165) is 16.3 Å². The minimum Gasteiger partial charge on any atom is -0.387 e. The van der Waals surface area contributed by atoms with Gasteiger partial charge in [0, 0.05) is 30.5 Å². The van der Waals surface area contributed by atoms with E-state index < -0.39 is 10.0 Å². The minimum absolute atomic E-state index is 0.131. The number of pyridine rings is 1. The second-order valence-corrected chi connectivity index (χ2v) is 7.31. The van der Waals surface area contributed by atoms with Crippen molar-refractivity contribution in [1.82, 2.24) is 14.7 Å². The van der Waals surface area contributed by atoms with Gasteiger partial charge in [-0.1, -0.05) is 6.92 Å². The molecule has 0 aromatic carbocycles. The van der Waals surface area contributed by atoms with Crippen molar-refractivity contribution in [2.45, 2.75) is 31.2 Å². The van der Waals surface area contributed by atoms with Crippen LogP contribution in [-0.2, 0) is 16.4 Å². The summed E-state index contributed by atoms with van der Waals surface area (Å²) in [5.74, 6) is 0. The summed E-state index contributed by atoms with van der Waals surface area (Å²) in [6, 6.07) is 1.24. The fraction of sp³-hybridized carbons (Fsp3) is 0.385. The Morgan fingerprint density at radius 1 is 1.38 bits per heavy atom. The Morgan fingerprint density at radius 3 is 2.76 bits per heavy atom. The Kier molecular flexibility index (Phi) is 4.92. The van der Waals surface area contributed by atoms with E-state index in [1.807, 2.05) is 6.92 Å². The predicted molar refractivity (Wildman–Crippen MR) is 84.0 cm³/mol. The molecule has 6 nitrogen and oxygen atoms in total. The topological polar surface area (TPSA) is 84.0 Å². The molecule has 8 heteroatoms. The number of hydrogen-bond acceptors (Lipinski definition) is 6. The van der Waals surface area contributed by atoms with E-state index in [2.05, 4.69) is 20.0 Å². The van der Waals surface area contributed by atoms with Crippen molar-refractivity contribution in [2.24, 2.45) is 0 Å². The molecule has 0 amide bonds. The normalized spacial score (nSPS) is 13.1. The summed E-state index contributed by atoms with van der Waals surface area (Å²) >= 11 is 1.52. The summed E-state index contributed by atoms with van der Waals surface area (Å²) in [6.45, 7) is 3.83. The number of thiazole rings is 1. The van der Waals surface area contributed by atoms with Crippen LogP contribution in [0.1, 0.15) is 29.8 Å². The highest BCUT2D eigenvalue weighted by Crippen LogP contribution is 2.24. The first-order chi connectivity index (χ1) is 9.97. The largest absolute Gasteiger partial charge is 0.387 e. The minimum atomic E-state index is -3.66. The molecule has 2 rings (SSSR count). The number of hydrogen-bond donors (Lipinski definition) is 2. The highest BCUT2D eigenvalue weighted by atomic mass is 32.2. The first kappa shape index (κ1) is 15.9. The van der Waals surface area contributed by atoms with Gasteiger partial charge >= 0.3 is 0 Å². The Hall–Kier alpha value is -1.51. The van der Waals surface area contributed by atoms with Crippen LogP contribution >= 0.6 is 11.3 Å². The number of nitrogens with zero attached hydrogens (tertiary/aromatic N) is 2. The molecule has 114 valence electrons. The molecule has 2 heterocycles. The molecule has 2 aromatic rings. The Labute approximate surface area is 128 Å². The molecule has 2 N–H and O–H groups in total. The van der Waals surface area contributed by atoms with E-state index in [4.69, 9.17) is 0 Å². The smallest absolute Gasteiger partial charge is 0.244 e. The van der Waals surface area contributed by atoms with Crippen LogP contribution in [0, 0.1) is 0 Å². The van der Waals surface area contributed by atoms with Gasteiger partial charge in [0.2, 0.25) is 10.0 Å². The Balaban J connectivity index is 2.24. The number of nitrogens with one attached hydrogen (secondary N) is 2. The summed E-state index contributed by atoms with van der Waals surface area (Å²) in [5.41, 5.74) is 0.512. The highest BCUT2D eigenvalue weighted by molar-refractivity contribution is 7.89. The lowest BCUT2D eigenvalue weighted by Crippen LogP contribution is -2.27. The molecule has 1 atom stereocenters. The lowest BCUT2D eigenvalue weighted by atomic mass is 10.4. The summed E-state index contributed by atoms with van der Waals surface area (Å²) < 4.78 is 27.6. The first-order valence-electron chi connectivity index (χ1n) is 6.56. The van der Waals surface area contributed by atoms with Gasteiger partial charge in [-0.25, -0.2) is 18.1 Å². The van der Waals surface area contributed by atoms with Gasteiger partial charge in [-0.05, 0) is 19.4 Å². The Bertz CT molecular complexity index is 712. The number of rotatable bonds is 6. The zero-order chi connectivity index (χ0) is 15.5. The van der Waals surface area contributed by atoms with E-state index in [0.29, 0.717) is 5.69 Å². The molecule has 0 spiro atoms. The van der Waals surface area contributed by atoms with Crippen molar-refractivity contribution >= 4 is 27.0 Å². The predicted octanol–water partition coefficient (Wildman–Crippen LogP) is 2.18. The number of sulfonamides is 1. The molecule has 1 unspecified atom stereocenters. The summed E-state index contributed by atoms with van der Waals surface area (Å²) in [5, 5.41) is 3.61. The molecule has 0 saturated heterocycles. The molecule has 21 heavy (non-hydrogen) atoms. The second kappa shape index (κ2) is 6.50. The van der Waals surface area contributed by atoms with E-state index in [1.54, 1.807) is 32.4 Å². The molecular formula is C13H18N4O2S2. The van der Waals surface area contributed by atoms with Crippen LogP contribution in [-0.4, -0.2) is 25.4 Å². The number of anilines is 1. The fourth-order valence-corrected chi connectivity index (χ4v) is 4.13. The fourth-order valence-electron chi connectivity index (χ4n) is 1.83. The van der Waals surface area contributed by atoms with Gasteiger partial charge in [0.1, 0.15) is 9.90 Å². The monoisotopic (exact) mass is 326 g/mol. The van der Waals surface area contributed by atoms with Crippen LogP contribution in [0.25, 0.3) is 0 Å². The molecular weight excluding hydrogens is 308 g/mol. The summed E-state index contributed by atoms with van der Waals surface area (Å²) in [4.78, 5) is 9.42. The van der Waals surface area contributed by atoms with Crippen molar-refractivity contribution in [2.75, 3.05) is 12.4 Å². The van der Waals surface area contributed by atoms with Crippen LogP contribution in [0.5, 0.6) is 0 Å². The van der Waals surface area contributed by atoms with Crippen LogP contribution in [0.3, 0.4) is 0 Å². The van der Waals surface area contributed by atoms with Gasteiger partial charge in [-0.2, -0.15) is 0 Å². The molecule has 0 aliphatic carbocycles. The molecule has 0 saturated carbocycles. The van der Waals surface area contributed by atoms with E-state index in [-0.39, 0.29) is 10.9 Å². The molecule has 0 aliphatic rings. The van der Waals surface area contributed by atoms with E-state index >= 15 is 0 Å². The van der Waals surface area contributed by atoms with Crippen LogP contribution < -0.4 is 10.0 Å². The van der Waals surface area contributed by atoms with Gasteiger partial charge in [0.25, 0.3) is 0 Å². The molecule has 0 radical (unpaired) electrons. The lowest BCUT2D eigenvalue weighted by Gasteiger charge is -2.14. The summed E-state index contributed by atoms with van der Waals surface area (Å²) in [7, 11) is -1.98. The maximum absolute atomic E-state index is 12.5. The average molecular weight is 326 g/mol. The summed E-state index contributed by atoms with van der Waals surface area (Å²) in [6.07, 6.45) is 5.56. The number of aryl methyl sites for hydroxylation is 1. The molecule has 0 bridgehead atoms. The average Bonchev–Trinajstić information content (AvgIpc) is 2.96. The standard InChI is InChI=1S/C13H18N4O2S2/c1-4-10-7-16-13(20-10)9(2)17-21(18,19)12-8-15-6-5-11(12)14-3/h5-9,17H,4H2,1-3H3,(H,14,15). The molecule has 0 aliphatic heterocycles. The van der Waals surface area contributed by atoms with Gasteiger partial charge < -0.3 is 5.32 Å². The van der Waals surface area contributed by atoms with Crippen molar-refractivity contribution in [3.63, 3.8) is 0 Å². The van der Waals surface area contributed by atoms with E-state index in [9.17, 15) is 8.42 Å². The zero-order valence-corrected chi connectivity index (χ0v) is 13.8. The van der Waals surface area contributed by atoms with Gasteiger partial charge in [0.15, 0.2) is 0 Å². The van der Waals surface area contributed by atoms with Crippen molar-refractivity contribution < 1.29 is 8.42 Å². The Morgan fingerprint density at radius 2 is 2.14 bits per heavy atom. The van der Waals surface area contributed by atoms with Crippen molar-refractivity contribution in [3.05, 3.63) is 34.5 Å². The third-order valence-electron chi connectivity index (χ3n) is 2.97. The first-order valence-corrected chi connectivity index (χ1v) is 8.86. The van der Waals surface area contributed by atoms with Gasteiger partial charge in [-0.3, -0.25) is 4.98 Å². The van der Waals surface area contributed by atoms with Crippen LogP contribution in [0.15, 0.2) is 29.6 Å². The SMILES string of the molecule is CCc1cnc(C(C)NS(=O)(=O)c2cnccc2NC)s1. The van der Waals surface area contributed by atoms with Crippen LogP contribution in [0.2, 0.25) is 0 Å². The third-order valence-corrected chi connectivity index (χ3v) is 5.86. The van der Waals surface area contributed by atoms with Crippen LogP contribution in [0.4, 0.5) is 5.69 Å². The molecule has 2 aromatic heterocycles. The zero-order valence-electron chi connectivity index (χ0n) is 12.1. The maximum atomic E-state index is 12.5. The van der Waals surface area contributed by atoms with Gasteiger partial charge in [-0.15, -0.1) is 11.3 Å². The lowest BCUT2D eigenvalue weighted by molar-refractivity contribution is 0.566. The maximum Gasteiger partial charge on any atom is 0.244 e. The second-order valence-electron chi connectivity index (χ2n) is 4.48. The van der Waals surface area contributed by atoms with E-state index in [1.165, 1.54) is 17.5 Å². The number of aromatic nitrogens is 2. The van der Waals surface area contributed by atoms with Crippen molar-refractivity contribution in [3.8, 4) is 0 Å². The quantitative estimate of drug-likeness (QED) is 0.850. The third kappa shape index (κ3) is 3.58. The molecule has 0 fully saturated rings. The highest BCUT2D eigenvalue weighted by Gasteiger charge is 2.23. The van der Waals surface area contributed by atoms with Gasteiger partial charge in [0.05, 0.1) is 11.7 Å².